The number of anilines is 1. The molecule has 1 unspecified atom stereocenters. The summed E-state index contributed by atoms with van der Waals surface area (Å²) < 4.78 is 5.39. The van der Waals surface area contributed by atoms with Crippen molar-refractivity contribution in [1.82, 2.24) is 15.1 Å². The third-order valence-corrected chi connectivity index (χ3v) is 3.96. The maximum Gasteiger partial charge on any atom is 0.410 e. The first-order chi connectivity index (χ1) is 11.7. The molecule has 1 heterocycles. The fourth-order valence-corrected chi connectivity index (χ4v) is 2.69. The predicted octanol–water partition coefficient (Wildman–Crippen LogP) is 1.44. The Hall–Kier alpha value is -2.28. The summed E-state index contributed by atoms with van der Waals surface area (Å²) in [6, 6.07) is 7.03. The molecule has 1 aromatic carbocycles. The van der Waals surface area contributed by atoms with E-state index in [0.717, 1.165) is 5.56 Å². The van der Waals surface area contributed by atoms with Crippen molar-refractivity contribution in [2.45, 2.75) is 39.0 Å². The number of likely N-dealkylation sites (N-methyl/N-ethyl adjacent to an activating group) is 1. The van der Waals surface area contributed by atoms with Gasteiger partial charge in [0.2, 0.25) is 5.91 Å². The van der Waals surface area contributed by atoms with Gasteiger partial charge in [0, 0.05) is 38.9 Å². The minimum atomic E-state index is -0.552. The van der Waals surface area contributed by atoms with Gasteiger partial charge in [-0.05, 0) is 32.4 Å². The van der Waals surface area contributed by atoms with Crippen molar-refractivity contribution in [1.29, 1.82) is 0 Å². The first-order valence-electron chi connectivity index (χ1n) is 8.47. The second-order valence-corrected chi connectivity index (χ2v) is 7.33. The second kappa shape index (κ2) is 7.74. The molecule has 1 saturated heterocycles. The topological polar surface area (TPSA) is 87.9 Å². The van der Waals surface area contributed by atoms with Crippen molar-refractivity contribution in [3.05, 3.63) is 29.8 Å². The molecule has 7 heteroatoms. The third kappa shape index (κ3) is 5.35. The average molecular weight is 348 g/mol. The highest BCUT2D eigenvalue weighted by Gasteiger charge is 2.32. The molecule has 0 aromatic heterocycles. The van der Waals surface area contributed by atoms with Crippen LogP contribution in [0.2, 0.25) is 0 Å². The molecule has 0 radical (unpaired) electrons. The molecule has 1 aromatic rings. The van der Waals surface area contributed by atoms with E-state index in [2.05, 4.69) is 5.32 Å². The van der Waals surface area contributed by atoms with E-state index >= 15 is 0 Å². The number of amides is 2. The van der Waals surface area contributed by atoms with Crippen LogP contribution in [0.5, 0.6) is 0 Å². The molecule has 1 atom stereocenters. The van der Waals surface area contributed by atoms with Crippen LogP contribution in [0, 0.1) is 0 Å². The van der Waals surface area contributed by atoms with E-state index in [0.29, 0.717) is 31.9 Å². The summed E-state index contributed by atoms with van der Waals surface area (Å²) in [5.41, 5.74) is 6.95. The lowest BCUT2D eigenvalue weighted by atomic mass is 10.1. The van der Waals surface area contributed by atoms with E-state index in [1.165, 1.54) is 0 Å². The van der Waals surface area contributed by atoms with E-state index in [1.54, 1.807) is 16.8 Å². The highest BCUT2D eigenvalue weighted by molar-refractivity contribution is 5.83. The van der Waals surface area contributed by atoms with Gasteiger partial charge in [-0.2, -0.15) is 0 Å². The number of hydrogen-bond donors (Lipinski definition) is 2. The number of piperazine rings is 1. The van der Waals surface area contributed by atoms with Crippen LogP contribution in [0.3, 0.4) is 0 Å². The van der Waals surface area contributed by atoms with Crippen molar-refractivity contribution in [2.75, 3.05) is 32.4 Å². The largest absolute Gasteiger partial charge is 0.444 e. The van der Waals surface area contributed by atoms with E-state index in [4.69, 9.17) is 10.5 Å². The van der Waals surface area contributed by atoms with Crippen molar-refractivity contribution in [3.63, 3.8) is 0 Å². The van der Waals surface area contributed by atoms with Crippen LogP contribution in [0.4, 0.5) is 10.5 Å². The summed E-state index contributed by atoms with van der Waals surface area (Å²) in [4.78, 5) is 28.1. The molecule has 138 valence electrons. The fraction of sp³-hybridized carbons (Fsp3) is 0.556. The minimum Gasteiger partial charge on any atom is -0.444 e. The zero-order valence-corrected chi connectivity index (χ0v) is 15.4. The number of nitrogens with one attached hydrogen (secondary N) is 1. The van der Waals surface area contributed by atoms with Gasteiger partial charge in [0.05, 0.1) is 0 Å². The van der Waals surface area contributed by atoms with Crippen molar-refractivity contribution < 1.29 is 14.3 Å². The van der Waals surface area contributed by atoms with Crippen LogP contribution in [-0.2, 0) is 16.1 Å². The highest BCUT2D eigenvalue weighted by atomic mass is 16.6. The lowest BCUT2D eigenvalue weighted by Crippen LogP contribution is -2.58. The number of ether oxygens (including phenoxy) is 1. The molecule has 3 N–H and O–H groups in total. The number of carbonyl (C=O) groups is 2. The number of hydrogen-bond acceptors (Lipinski definition) is 5. The zero-order valence-electron chi connectivity index (χ0n) is 15.4. The van der Waals surface area contributed by atoms with E-state index in [9.17, 15) is 9.59 Å². The van der Waals surface area contributed by atoms with Gasteiger partial charge in [-0.1, -0.05) is 18.2 Å². The molecular weight excluding hydrogens is 320 g/mol. The quantitative estimate of drug-likeness (QED) is 0.807. The van der Waals surface area contributed by atoms with Crippen molar-refractivity contribution >= 4 is 17.7 Å². The standard InChI is InChI=1S/C18H28N4O3/c1-18(2,3)25-17(24)22-10-9-20-15(12-22)16(23)21(4)11-13-7-5-6-8-14(13)19/h5-8,15,20H,9-12,19H2,1-4H3. The van der Waals surface area contributed by atoms with Gasteiger partial charge in [-0.3, -0.25) is 4.79 Å². The Bertz CT molecular complexity index is 627. The van der Waals surface area contributed by atoms with Crippen LogP contribution in [0.15, 0.2) is 24.3 Å². The minimum absolute atomic E-state index is 0.0727. The lowest BCUT2D eigenvalue weighted by Gasteiger charge is -2.35. The Balaban J connectivity index is 1.96. The summed E-state index contributed by atoms with van der Waals surface area (Å²) in [5, 5.41) is 3.18. The van der Waals surface area contributed by atoms with Crippen LogP contribution in [0.1, 0.15) is 26.3 Å². The predicted molar refractivity (Wildman–Crippen MR) is 96.9 cm³/mol. The van der Waals surface area contributed by atoms with Gasteiger partial charge in [-0.15, -0.1) is 0 Å². The molecule has 1 aliphatic rings. The Morgan fingerprint density at radius 3 is 2.68 bits per heavy atom. The van der Waals surface area contributed by atoms with Gasteiger partial charge in [0.25, 0.3) is 0 Å². The maximum atomic E-state index is 12.7. The normalized spacial score (nSPS) is 17.9. The number of carbonyl (C=O) groups excluding carboxylic acids is 2. The second-order valence-electron chi connectivity index (χ2n) is 7.33. The smallest absolute Gasteiger partial charge is 0.410 e. The summed E-state index contributed by atoms with van der Waals surface area (Å²) in [6.45, 7) is 7.28. The summed E-state index contributed by atoms with van der Waals surface area (Å²) >= 11 is 0. The molecular formula is C18H28N4O3. The molecule has 0 aliphatic carbocycles. The Morgan fingerprint density at radius 1 is 1.36 bits per heavy atom. The van der Waals surface area contributed by atoms with Crippen LogP contribution in [-0.4, -0.2) is 60.1 Å². The highest BCUT2D eigenvalue weighted by Crippen LogP contribution is 2.15. The zero-order chi connectivity index (χ0) is 18.6. The summed E-state index contributed by atoms with van der Waals surface area (Å²) in [5.74, 6) is -0.0727. The number of rotatable bonds is 3. The maximum absolute atomic E-state index is 12.7. The van der Waals surface area contributed by atoms with E-state index < -0.39 is 11.6 Å². The summed E-state index contributed by atoms with van der Waals surface area (Å²) in [7, 11) is 1.74. The number of nitrogens with zero attached hydrogens (tertiary/aromatic N) is 2. The number of nitrogens with two attached hydrogens (primary N) is 1. The number of para-hydroxylation sites is 1. The molecule has 2 rings (SSSR count). The molecule has 25 heavy (non-hydrogen) atoms. The molecule has 2 amide bonds. The first kappa shape index (κ1) is 19.1. The van der Waals surface area contributed by atoms with Gasteiger partial charge < -0.3 is 25.6 Å². The van der Waals surface area contributed by atoms with Crippen molar-refractivity contribution in [3.8, 4) is 0 Å². The average Bonchev–Trinajstić information content (AvgIpc) is 2.54. The fourth-order valence-electron chi connectivity index (χ4n) is 2.69. The van der Waals surface area contributed by atoms with E-state index in [1.807, 2.05) is 45.0 Å². The molecule has 1 fully saturated rings. The third-order valence-electron chi connectivity index (χ3n) is 3.96. The Morgan fingerprint density at radius 2 is 2.04 bits per heavy atom. The number of nitrogen functional groups attached to an aromatic ring is 1. The summed E-state index contributed by atoms with van der Waals surface area (Å²) in [6.07, 6.45) is -0.387. The molecule has 1 aliphatic heterocycles. The lowest BCUT2D eigenvalue weighted by molar-refractivity contribution is -0.133. The van der Waals surface area contributed by atoms with Gasteiger partial charge >= 0.3 is 6.09 Å². The molecule has 0 bridgehead atoms. The van der Waals surface area contributed by atoms with Gasteiger partial charge in [0.15, 0.2) is 0 Å². The van der Waals surface area contributed by atoms with Crippen molar-refractivity contribution in [2.24, 2.45) is 0 Å². The van der Waals surface area contributed by atoms with Gasteiger partial charge in [-0.25, -0.2) is 4.79 Å². The van der Waals surface area contributed by atoms with Gasteiger partial charge in [0.1, 0.15) is 11.6 Å². The molecule has 0 saturated carbocycles. The first-order valence-corrected chi connectivity index (χ1v) is 8.47. The number of benzene rings is 1. The van der Waals surface area contributed by atoms with Crippen LogP contribution < -0.4 is 11.1 Å². The monoisotopic (exact) mass is 348 g/mol. The SMILES string of the molecule is CN(Cc1ccccc1N)C(=O)C1CN(C(=O)OC(C)(C)C)CCN1. The van der Waals surface area contributed by atoms with E-state index in [-0.39, 0.29) is 12.0 Å². The van der Waals surface area contributed by atoms with Crippen LogP contribution in [0.25, 0.3) is 0 Å². The molecule has 7 nitrogen and oxygen atoms in total. The Labute approximate surface area is 149 Å². The Kier molecular flexibility index (Phi) is 5.89. The van der Waals surface area contributed by atoms with Crippen LogP contribution >= 0.6 is 0 Å². The molecule has 0 spiro atoms.